The van der Waals surface area contributed by atoms with Crippen LogP contribution in [0.1, 0.15) is 41.5 Å². The summed E-state index contributed by atoms with van der Waals surface area (Å²) < 4.78 is 5.32. The maximum atomic E-state index is 12.0. The van der Waals surface area contributed by atoms with E-state index in [0.29, 0.717) is 17.7 Å². The third kappa shape index (κ3) is 2.14. The molecule has 0 radical (unpaired) electrons. The number of rotatable bonds is 4. The molecule has 0 atom stereocenters. The third-order valence-electron chi connectivity index (χ3n) is 2.56. The van der Waals surface area contributed by atoms with Gasteiger partial charge < -0.3 is 4.74 Å². The van der Waals surface area contributed by atoms with Crippen LogP contribution in [-0.4, -0.2) is 29.3 Å². The summed E-state index contributed by atoms with van der Waals surface area (Å²) in [6.07, 6.45) is 0. The van der Waals surface area contributed by atoms with Crippen LogP contribution in [0.3, 0.4) is 0 Å². The van der Waals surface area contributed by atoms with Gasteiger partial charge in [-0.25, -0.2) is 4.84 Å². The fourth-order valence-corrected chi connectivity index (χ4v) is 1.84. The van der Waals surface area contributed by atoms with Crippen LogP contribution in [0, 0.1) is 0 Å². The number of carbonyl (C=O) groups is 2. The zero-order chi connectivity index (χ0) is 13.3. The van der Waals surface area contributed by atoms with Crippen LogP contribution < -0.4 is 0 Å². The van der Waals surface area contributed by atoms with E-state index in [1.54, 1.807) is 38.1 Å². The van der Waals surface area contributed by atoms with Gasteiger partial charge in [-0.2, -0.15) is 0 Å². The summed E-state index contributed by atoms with van der Waals surface area (Å²) in [6.45, 7) is 5.55. The van der Waals surface area contributed by atoms with Crippen molar-refractivity contribution >= 4 is 11.8 Å². The van der Waals surface area contributed by atoms with Gasteiger partial charge in [0.25, 0.3) is 11.8 Å². The van der Waals surface area contributed by atoms with Crippen molar-refractivity contribution < 1.29 is 19.2 Å². The molecule has 0 unspecified atom stereocenters. The highest BCUT2D eigenvalue weighted by molar-refractivity contribution is 6.20. The second-order valence-corrected chi connectivity index (χ2v) is 4.37. The standard InChI is InChI=1S/C13H15NO4/c1-4-17-13(2,3)18-14-11(15)9-7-5-6-8-10(9)12(14)16/h5-8H,4H2,1-3H3. The molecule has 1 aliphatic rings. The average Bonchev–Trinajstić information content (AvgIpc) is 2.55. The zero-order valence-corrected chi connectivity index (χ0v) is 10.6. The highest BCUT2D eigenvalue weighted by Crippen LogP contribution is 2.26. The van der Waals surface area contributed by atoms with Crippen molar-refractivity contribution in [3.05, 3.63) is 35.4 Å². The van der Waals surface area contributed by atoms with Gasteiger partial charge in [-0.05, 0) is 32.9 Å². The minimum absolute atomic E-state index is 0.356. The molecule has 18 heavy (non-hydrogen) atoms. The second-order valence-electron chi connectivity index (χ2n) is 4.37. The van der Waals surface area contributed by atoms with Crippen LogP contribution in [0.2, 0.25) is 0 Å². The van der Waals surface area contributed by atoms with Crippen LogP contribution in [0.25, 0.3) is 0 Å². The molecule has 1 heterocycles. The van der Waals surface area contributed by atoms with Crippen molar-refractivity contribution in [2.75, 3.05) is 6.61 Å². The molecule has 0 N–H and O–H groups in total. The molecule has 5 nitrogen and oxygen atoms in total. The number of imide groups is 1. The lowest BCUT2D eigenvalue weighted by molar-refractivity contribution is -0.289. The van der Waals surface area contributed by atoms with Crippen molar-refractivity contribution in [3.63, 3.8) is 0 Å². The predicted molar refractivity (Wildman–Crippen MR) is 63.7 cm³/mol. The molecule has 1 aromatic carbocycles. The molecule has 0 aliphatic carbocycles. The van der Waals surface area contributed by atoms with E-state index in [2.05, 4.69) is 0 Å². The monoisotopic (exact) mass is 249 g/mol. The Morgan fingerprint density at radius 1 is 1.11 bits per heavy atom. The SMILES string of the molecule is CCOC(C)(C)ON1C(=O)c2ccccc2C1=O. The molecule has 2 amide bonds. The summed E-state index contributed by atoms with van der Waals surface area (Å²) in [5, 5.41) is 0.764. The molecule has 0 saturated carbocycles. The first-order chi connectivity index (χ1) is 8.46. The van der Waals surface area contributed by atoms with E-state index in [4.69, 9.17) is 9.57 Å². The fraction of sp³-hybridized carbons (Fsp3) is 0.385. The fourth-order valence-electron chi connectivity index (χ4n) is 1.84. The van der Waals surface area contributed by atoms with Crippen LogP contribution in [0.15, 0.2) is 24.3 Å². The van der Waals surface area contributed by atoms with Crippen molar-refractivity contribution in [2.45, 2.75) is 26.6 Å². The highest BCUT2D eigenvalue weighted by Gasteiger charge is 2.40. The normalized spacial score (nSPS) is 15.2. The van der Waals surface area contributed by atoms with Gasteiger partial charge in [-0.3, -0.25) is 9.59 Å². The number of hydrogen-bond donors (Lipinski definition) is 0. The molecule has 0 fully saturated rings. The van der Waals surface area contributed by atoms with E-state index >= 15 is 0 Å². The number of ether oxygens (including phenoxy) is 1. The first-order valence-electron chi connectivity index (χ1n) is 5.77. The van der Waals surface area contributed by atoms with E-state index in [0.717, 1.165) is 5.06 Å². The Balaban J connectivity index is 2.24. The van der Waals surface area contributed by atoms with Crippen LogP contribution >= 0.6 is 0 Å². The summed E-state index contributed by atoms with van der Waals surface area (Å²) in [5.74, 6) is -1.94. The van der Waals surface area contributed by atoms with E-state index in [1.165, 1.54) is 0 Å². The molecule has 96 valence electrons. The summed E-state index contributed by atoms with van der Waals surface area (Å²) in [6, 6.07) is 6.63. The van der Waals surface area contributed by atoms with Gasteiger partial charge in [0.05, 0.1) is 11.1 Å². The molecule has 1 aromatic rings. The van der Waals surface area contributed by atoms with Gasteiger partial charge >= 0.3 is 0 Å². The number of nitrogens with zero attached hydrogens (tertiary/aromatic N) is 1. The van der Waals surface area contributed by atoms with E-state index in [9.17, 15) is 9.59 Å². The number of amides is 2. The molecule has 1 aliphatic heterocycles. The van der Waals surface area contributed by atoms with Crippen molar-refractivity contribution in [1.82, 2.24) is 5.06 Å². The van der Waals surface area contributed by atoms with Crippen LogP contribution in [0.5, 0.6) is 0 Å². The summed E-state index contributed by atoms with van der Waals surface area (Å²) in [7, 11) is 0. The molecule has 0 spiro atoms. The Morgan fingerprint density at radius 3 is 2.06 bits per heavy atom. The maximum Gasteiger partial charge on any atom is 0.286 e. The van der Waals surface area contributed by atoms with Crippen molar-refractivity contribution in [1.29, 1.82) is 0 Å². The lowest BCUT2D eigenvalue weighted by atomic mass is 10.1. The van der Waals surface area contributed by atoms with Crippen molar-refractivity contribution in [2.24, 2.45) is 0 Å². The van der Waals surface area contributed by atoms with E-state index in [1.807, 2.05) is 6.92 Å². The lowest BCUT2D eigenvalue weighted by Crippen LogP contribution is -2.41. The Hall–Kier alpha value is -1.72. The van der Waals surface area contributed by atoms with Gasteiger partial charge in [-0.15, -0.1) is 5.06 Å². The Kier molecular flexibility index (Phi) is 3.19. The maximum absolute atomic E-state index is 12.0. The number of hydroxylamine groups is 2. The molecular weight excluding hydrogens is 234 g/mol. The Labute approximate surface area is 105 Å². The molecule has 0 bridgehead atoms. The Morgan fingerprint density at radius 2 is 1.61 bits per heavy atom. The van der Waals surface area contributed by atoms with E-state index < -0.39 is 17.6 Å². The van der Waals surface area contributed by atoms with E-state index in [-0.39, 0.29) is 0 Å². The number of carbonyl (C=O) groups excluding carboxylic acids is 2. The van der Waals surface area contributed by atoms with Crippen LogP contribution in [-0.2, 0) is 9.57 Å². The second kappa shape index (κ2) is 4.51. The predicted octanol–water partition coefficient (Wildman–Crippen LogP) is 1.99. The molecule has 2 rings (SSSR count). The number of hydrogen-bond acceptors (Lipinski definition) is 4. The van der Waals surface area contributed by atoms with Gasteiger partial charge in [0.15, 0.2) is 5.79 Å². The number of benzene rings is 1. The number of fused-ring (bicyclic) bond motifs is 1. The molecule has 5 heteroatoms. The third-order valence-corrected chi connectivity index (χ3v) is 2.56. The van der Waals surface area contributed by atoms with Gasteiger partial charge in [0.1, 0.15) is 0 Å². The largest absolute Gasteiger partial charge is 0.349 e. The quantitative estimate of drug-likeness (QED) is 0.605. The first kappa shape index (κ1) is 12.7. The van der Waals surface area contributed by atoms with Crippen molar-refractivity contribution in [3.8, 4) is 0 Å². The minimum atomic E-state index is -1.03. The van der Waals surface area contributed by atoms with Crippen LogP contribution in [0.4, 0.5) is 0 Å². The zero-order valence-electron chi connectivity index (χ0n) is 10.6. The molecule has 0 saturated heterocycles. The topological polar surface area (TPSA) is 55.8 Å². The smallest absolute Gasteiger partial charge is 0.286 e. The highest BCUT2D eigenvalue weighted by atomic mass is 16.8. The molecule has 0 aromatic heterocycles. The Bertz CT molecular complexity index is 461. The lowest BCUT2D eigenvalue weighted by Gasteiger charge is -2.28. The van der Waals surface area contributed by atoms with Gasteiger partial charge in [-0.1, -0.05) is 12.1 Å². The summed E-state index contributed by atoms with van der Waals surface area (Å²) >= 11 is 0. The molecular formula is C13H15NO4. The minimum Gasteiger partial charge on any atom is -0.349 e. The summed E-state index contributed by atoms with van der Waals surface area (Å²) in [4.78, 5) is 29.4. The van der Waals surface area contributed by atoms with Gasteiger partial charge in [0, 0.05) is 6.61 Å². The first-order valence-corrected chi connectivity index (χ1v) is 5.77. The van der Waals surface area contributed by atoms with Gasteiger partial charge in [0.2, 0.25) is 0 Å². The average molecular weight is 249 g/mol. The summed E-state index contributed by atoms with van der Waals surface area (Å²) in [5.41, 5.74) is 0.713.